The number of hydrogen-bond acceptors (Lipinski definition) is 3. The van der Waals surface area contributed by atoms with Crippen molar-refractivity contribution in [2.24, 2.45) is 0 Å². The van der Waals surface area contributed by atoms with E-state index in [4.69, 9.17) is 4.74 Å². The van der Waals surface area contributed by atoms with Crippen LogP contribution in [0.25, 0.3) is 10.9 Å². The fraction of sp³-hybridized carbons (Fsp3) is 0.400. The van der Waals surface area contributed by atoms with E-state index in [1.807, 2.05) is 44.2 Å². The van der Waals surface area contributed by atoms with Gasteiger partial charge in [-0.1, -0.05) is 25.1 Å². The summed E-state index contributed by atoms with van der Waals surface area (Å²) in [4.78, 5) is 4.30. The summed E-state index contributed by atoms with van der Waals surface area (Å²) in [5, 5.41) is 11.4. The summed E-state index contributed by atoms with van der Waals surface area (Å²) < 4.78 is 5.59. The van der Waals surface area contributed by atoms with E-state index >= 15 is 0 Å². The normalized spacial score (nSPS) is 14.6. The minimum Gasteiger partial charge on any atom is -0.386 e. The number of rotatable bonds is 5. The average molecular weight is 245 g/mol. The second-order valence-electron chi connectivity index (χ2n) is 4.26. The van der Waals surface area contributed by atoms with Crippen LogP contribution in [-0.2, 0) is 4.74 Å². The van der Waals surface area contributed by atoms with Gasteiger partial charge in [-0.2, -0.15) is 0 Å². The Bertz CT molecular complexity index is 507. The molecular weight excluding hydrogens is 226 g/mol. The number of aliphatic hydroxyl groups excluding tert-OH is 1. The maximum Gasteiger partial charge on any atom is 0.106 e. The van der Waals surface area contributed by atoms with E-state index < -0.39 is 6.10 Å². The zero-order chi connectivity index (χ0) is 13.0. The molecule has 0 fully saturated rings. The predicted octanol–water partition coefficient (Wildman–Crippen LogP) is 3.08. The van der Waals surface area contributed by atoms with Crippen LogP contribution in [0.3, 0.4) is 0 Å². The van der Waals surface area contributed by atoms with Crippen LogP contribution in [0.2, 0.25) is 0 Å². The third-order valence-electron chi connectivity index (χ3n) is 3.13. The first-order chi connectivity index (χ1) is 8.77. The zero-order valence-electron chi connectivity index (χ0n) is 10.8. The van der Waals surface area contributed by atoms with Crippen molar-refractivity contribution in [2.45, 2.75) is 32.5 Å². The molecule has 0 saturated heterocycles. The molecule has 0 aliphatic carbocycles. The summed E-state index contributed by atoms with van der Waals surface area (Å²) in [6.45, 7) is 4.57. The predicted molar refractivity (Wildman–Crippen MR) is 72.4 cm³/mol. The van der Waals surface area contributed by atoms with Crippen LogP contribution in [0.1, 0.15) is 31.9 Å². The fourth-order valence-electron chi connectivity index (χ4n) is 2.23. The third-order valence-corrected chi connectivity index (χ3v) is 3.13. The zero-order valence-corrected chi connectivity index (χ0v) is 10.8. The molecule has 0 aliphatic heterocycles. The molecule has 0 aliphatic rings. The molecule has 96 valence electrons. The molecule has 0 radical (unpaired) electrons. The number of benzene rings is 1. The Hall–Kier alpha value is -1.45. The summed E-state index contributed by atoms with van der Waals surface area (Å²) >= 11 is 0. The second-order valence-corrected chi connectivity index (χ2v) is 4.26. The molecule has 3 heteroatoms. The summed E-state index contributed by atoms with van der Waals surface area (Å²) in [6, 6.07) is 9.69. The molecule has 2 atom stereocenters. The van der Waals surface area contributed by atoms with E-state index in [0.717, 1.165) is 22.9 Å². The van der Waals surface area contributed by atoms with E-state index in [9.17, 15) is 5.11 Å². The largest absolute Gasteiger partial charge is 0.386 e. The first kappa shape index (κ1) is 13.0. The highest BCUT2D eigenvalue weighted by atomic mass is 16.5. The van der Waals surface area contributed by atoms with Gasteiger partial charge in [0, 0.05) is 18.2 Å². The molecule has 3 nitrogen and oxygen atoms in total. The first-order valence-corrected chi connectivity index (χ1v) is 6.41. The lowest BCUT2D eigenvalue weighted by Crippen LogP contribution is -2.21. The van der Waals surface area contributed by atoms with Crippen molar-refractivity contribution >= 4 is 10.9 Å². The molecule has 0 bridgehead atoms. The average Bonchev–Trinajstić information content (AvgIpc) is 2.43. The topological polar surface area (TPSA) is 42.4 Å². The maximum absolute atomic E-state index is 10.5. The smallest absolute Gasteiger partial charge is 0.106 e. The molecule has 0 spiro atoms. The molecule has 1 aromatic heterocycles. The van der Waals surface area contributed by atoms with Gasteiger partial charge in [-0.15, -0.1) is 0 Å². The Balaban J connectivity index is 2.40. The lowest BCUT2D eigenvalue weighted by Gasteiger charge is -2.22. The van der Waals surface area contributed by atoms with E-state index in [-0.39, 0.29) is 6.10 Å². The van der Waals surface area contributed by atoms with E-state index in [0.29, 0.717) is 6.61 Å². The van der Waals surface area contributed by atoms with Crippen LogP contribution in [0.15, 0.2) is 36.5 Å². The molecule has 0 amide bonds. The van der Waals surface area contributed by atoms with E-state index in [2.05, 4.69) is 4.98 Å². The Morgan fingerprint density at radius 1 is 1.22 bits per heavy atom. The Morgan fingerprint density at radius 3 is 2.78 bits per heavy atom. The quantitative estimate of drug-likeness (QED) is 0.880. The highest BCUT2D eigenvalue weighted by Crippen LogP contribution is 2.27. The van der Waals surface area contributed by atoms with Gasteiger partial charge >= 0.3 is 0 Å². The highest BCUT2D eigenvalue weighted by Gasteiger charge is 2.21. The molecule has 2 unspecified atom stereocenters. The Kier molecular flexibility index (Phi) is 4.28. The highest BCUT2D eigenvalue weighted by molar-refractivity contribution is 5.82. The summed E-state index contributed by atoms with van der Waals surface area (Å²) in [7, 11) is 0. The van der Waals surface area contributed by atoms with Crippen molar-refractivity contribution in [1.82, 2.24) is 4.98 Å². The number of hydrogen-bond donors (Lipinski definition) is 1. The van der Waals surface area contributed by atoms with Crippen molar-refractivity contribution in [3.05, 3.63) is 42.1 Å². The number of aromatic nitrogens is 1. The van der Waals surface area contributed by atoms with Gasteiger partial charge in [0.2, 0.25) is 0 Å². The lowest BCUT2D eigenvalue weighted by molar-refractivity contribution is -0.0349. The van der Waals surface area contributed by atoms with Gasteiger partial charge in [0.15, 0.2) is 0 Å². The molecule has 1 N–H and O–H groups in total. The first-order valence-electron chi connectivity index (χ1n) is 6.41. The number of ether oxygens (including phenoxy) is 1. The van der Waals surface area contributed by atoms with Crippen LogP contribution < -0.4 is 0 Å². The van der Waals surface area contributed by atoms with Crippen molar-refractivity contribution in [3.63, 3.8) is 0 Å². The Morgan fingerprint density at radius 2 is 2.06 bits per heavy atom. The SMILES string of the molecule is CCOC(CC)C(O)c1cccc2ncccc12. The van der Waals surface area contributed by atoms with Crippen LogP contribution in [0.4, 0.5) is 0 Å². The van der Waals surface area contributed by atoms with Crippen LogP contribution in [0.5, 0.6) is 0 Å². The van der Waals surface area contributed by atoms with Crippen LogP contribution in [0, 0.1) is 0 Å². The van der Waals surface area contributed by atoms with Crippen molar-refractivity contribution < 1.29 is 9.84 Å². The molecule has 2 rings (SSSR count). The summed E-state index contributed by atoms with van der Waals surface area (Å²) in [5.74, 6) is 0. The third kappa shape index (κ3) is 2.52. The van der Waals surface area contributed by atoms with Gasteiger partial charge in [-0.05, 0) is 31.0 Å². The number of nitrogens with zero attached hydrogens (tertiary/aromatic N) is 1. The minimum atomic E-state index is -0.608. The number of pyridine rings is 1. The van der Waals surface area contributed by atoms with Crippen molar-refractivity contribution in [1.29, 1.82) is 0 Å². The van der Waals surface area contributed by atoms with Gasteiger partial charge in [0.25, 0.3) is 0 Å². The molecule has 18 heavy (non-hydrogen) atoms. The van der Waals surface area contributed by atoms with Gasteiger partial charge in [-0.3, -0.25) is 4.98 Å². The Labute approximate surface area is 107 Å². The second kappa shape index (κ2) is 5.94. The minimum absolute atomic E-state index is 0.166. The van der Waals surface area contributed by atoms with Crippen LogP contribution in [-0.4, -0.2) is 22.8 Å². The molecule has 2 aromatic rings. The van der Waals surface area contributed by atoms with Crippen LogP contribution >= 0.6 is 0 Å². The van der Waals surface area contributed by atoms with Gasteiger partial charge in [0.1, 0.15) is 6.10 Å². The maximum atomic E-state index is 10.5. The van der Waals surface area contributed by atoms with Crippen molar-refractivity contribution in [2.75, 3.05) is 6.61 Å². The molecular formula is C15H19NO2. The van der Waals surface area contributed by atoms with Gasteiger partial charge in [0.05, 0.1) is 11.6 Å². The summed E-state index contributed by atoms with van der Waals surface area (Å²) in [5.41, 5.74) is 1.79. The standard InChI is InChI=1S/C15H19NO2/c1-3-14(18-4-2)15(17)12-7-5-9-13-11(12)8-6-10-16-13/h5-10,14-15,17H,3-4H2,1-2H3. The van der Waals surface area contributed by atoms with E-state index in [1.54, 1.807) is 6.20 Å². The number of fused-ring (bicyclic) bond motifs is 1. The fourth-order valence-corrected chi connectivity index (χ4v) is 2.23. The summed E-state index contributed by atoms with van der Waals surface area (Å²) in [6.07, 6.45) is 1.77. The number of aliphatic hydroxyl groups is 1. The van der Waals surface area contributed by atoms with Gasteiger partial charge < -0.3 is 9.84 Å². The lowest BCUT2D eigenvalue weighted by atomic mass is 9.98. The van der Waals surface area contributed by atoms with Crippen molar-refractivity contribution in [3.8, 4) is 0 Å². The molecule has 0 saturated carbocycles. The molecule has 1 heterocycles. The van der Waals surface area contributed by atoms with Gasteiger partial charge in [-0.25, -0.2) is 0 Å². The molecule has 1 aromatic carbocycles. The van der Waals surface area contributed by atoms with E-state index in [1.165, 1.54) is 0 Å². The monoisotopic (exact) mass is 245 g/mol.